The Balaban J connectivity index is 2.52. The van der Waals surface area contributed by atoms with Crippen LogP contribution in [0.2, 0.25) is 0 Å². The minimum Gasteiger partial charge on any atom is -0.465 e. The van der Waals surface area contributed by atoms with E-state index < -0.39 is 17.4 Å². The number of hydrogen-bond donors (Lipinski definition) is 0. The van der Waals surface area contributed by atoms with E-state index >= 15 is 0 Å². The molecule has 26 heavy (non-hydrogen) atoms. The summed E-state index contributed by atoms with van der Waals surface area (Å²) in [6.07, 6.45) is 7.02. The van der Waals surface area contributed by atoms with Gasteiger partial charge in [0.05, 0.1) is 13.2 Å². The molecule has 0 amide bonds. The van der Waals surface area contributed by atoms with Crippen LogP contribution in [0.15, 0.2) is 24.8 Å². The second-order valence-electron chi connectivity index (χ2n) is 5.96. The lowest BCUT2D eigenvalue weighted by Gasteiger charge is -2.28. The maximum absolute atomic E-state index is 12.9. The number of carbonyl (C=O) groups excluding carboxylic acids is 2. The summed E-state index contributed by atoms with van der Waals surface area (Å²) < 4.78 is 14.2. The molecular weight excluding hydrogens is 336 g/mol. The Labute approximate surface area is 153 Å². The molecule has 0 aliphatic carbocycles. The summed E-state index contributed by atoms with van der Waals surface area (Å²) in [4.78, 5) is 34.5. The van der Waals surface area contributed by atoms with Crippen LogP contribution in [-0.4, -0.2) is 44.3 Å². The van der Waals surface area contributed by atoms with Gasteiger partial charge in [-0.15, -0.1) is 0 Å². The van der Waals surface area contributed by atoms with Gasteiger partial charge in [0.2, 0.25) is 0 Å². The molecule has 0 aliphatic heterocycles. The smallest absolute Gasteiger partial charge is 0.324 e. The van der Waals surface area contributed by atoms with Crippen LogP contribution in [0.25, 0.3) is 0 Å². The number of ether oxygens (including phenoxy) is 2. The monoisotopic (exact) mass is 362 g/mol. The predicted molar refractivity (Wildman–Crippen MR) is 94.2 cm³/mol. The highest BCUT2D eigenvalue weighted by atomic mass is 16.6. The van der Waals surface area contributed by atoms with Gasteiger partial charge in [0.25, 0.3) is 0 Å². The molecule has 2 rings (SSSR count). The average Bonchev–Trinajstić information content (AvgIpc) is 3.23. The number of aryl methyl sites for hydroxylation is 2. The Morgan fingerprint density at radius 1 is 0.962 bits per heavy atom. The molecule has 142 valence electrons. The molecule has 0 spiro atoms. The van der Waals surface area contributed by atoms with Crippen molar-refractivity contribution in [1.29, 1.82) is 0 Å². The standard InChI is InChI=1S/C18H26N4O4/c1-5-22-11-9-20-15(22)13-18(16(23)25-6-2,17(24)26-7-3)12-14-19-8-10-21(14)4/h8-11H,5-7,12-13H2,1-4H3. The third kappa shape index (κ3) is 3.95. The summed E-state index contributed by atoms with van der Waals surface area (Å²) in [7, 11) is 1.82. The second kappa shape index (κ2) is 8.64. The predicted octanol–water partition coefficient (Wildman–Crippen LogP) is 1.53. The number of carbonyl (C=O) groups is 2. The molecule has 0 bridgehead atoms. The average molecular weight is 362 g/mol. The van der Waals surface area contributed by atoms with E-state index in [1.165, 1.54) is 0 Å². The highest BCUT2D eigenvalue weighted by molar-refractivity contribution is 6.00. The molecule has 0 saturated heterocycles. The molecule has 0 aliphatic rings. The fourth-order valence-electron chi connectivity index (χ4n) is 2.87. The maximum Gasteiger partial charge on any atom is 0.324 e. The van der Waals surface area contributed by atoms with Crippen LogP contribution in [0.3, 0.4) is 0 Å². The van der Waals surface area contributed by atoms with Gasteiger partial charge >= 0.3 is 11.9 Å². The molecule has 0 aromatic carbocycles. The summed E-state index contributed by atoms with van der Waals surface area (Å²) >= 11 is 0. The third-order valence-corrected chi connectivity index (χ3v) is 4.32. The first-order valence-corrected chi connectivity index (χ1v) is 8.79. The van der Waals surface area contributed by atoms with Crippen molar-refractivity contribution in [3.8, 4) is 0 Å². The van der Waals surface area contributed by atoms with Crippen molar-refractivity contribution in [3.05, 3.63) is 36.4 Å². The zero-order valence-electron chi connectivity index (χ0n) is 15.8. The summed E-state index contributed by atoms with van der Waals surface area (Å²) in [5.41, 5.74) is -1.54. The molecular formula is C18H26N4O4. The Hall–Kier alpha value is -2.64. The lowest BCUT2D eigenvalue weighted by Crippen LogP contribution is -2.46. The van der Waals surface area contributed by atoms with Gasteiger partial charge in [-0.2, -0.15) is 0 Å². The summed E-state index contributed by atoms with van der Waals surface area (Å²) in [5, 5.41) is 0. The van der Waals surface area contributed by atoms with E-state index in [2.05, 4.69) is 9.97 Å². The van der Waals surface area contributed by atoms with Crippen LogP contribution in [0, 0.1) is 5.41 Å². The van der Waals surface area contributed by atoms with Gasteiger partial charge in [0, 0.05) is 51.2 Å². The SMILES string of the molecule is CCOC(=O)C(Cc1nccn1C)(Cc1nccn1CC)C(=O)OCC. The van der Waals surface area contributed by atoms with Crippen LogP contribution < -0.4 is 0 Å². The Kier molecular flexibility index (Phi) is 6.54. The molecule has 2 aromatic heterocycles. The Bertz CT molecular complexity index is 732. The Morgan fingerprint density at radius 2 is 1.50 bits per heavy atom. The molecule has 0 fully saturated rings. The van der Waals surface area contributed by atoms with Gasteiger partial charge < -0.3 is 18.6 Å². The molecule has 0 atom stereocenters. The fraction of sp³-hybridized carbons (Fsp3) is 0.556. The van der Waals surface area contributed by atoms with Crippen molar-refractivity contribution >= 4 is 11.9 Å². The van der Waals surface area contributed by atoms with Crippen molar-refractivity contribution in [1.82, 2.24) is 19.1 Å². The van der Waals surface area contributed by atoms with Gasteiger partial charge in [-0.3, -0.25) is 9.59 Å². The molecule has 0 saturated carbocycles. The minimum absolute atomic E-state index is 0.0741. The second-order valence-corrected chi connectivity index (χ2v) is 5.96. The Morgan fingerprint density at radius 3 is 2.00 bits per heavy atom. The maximum atomic E-state index is 12.9. The van der Waals surface area contributed by atoms with Crippen molar-refractivity contribution < 1.29 is 19.1 Å². The van der Waals surface area contributed by atoms with Gasteiger partial charge in [0.15, 0.2) is 5.41 Å². The fourth-order valence-corrected chi connectivity index (χ4v) is 2.87. The van der Waals surface area contributed by atoms with Crippen molar-refractivity contribution in [2.75, 3.05) is 13.2 Å². The normalized spacial score (nSPS) is 11.4. The molecule has 0 N–H and O–H groups in total. The molecule has 2 heterocycles. The van der Waals surface area contributed by atoms with E-state index in [4.69, 9.17) is 9.47 Å². The number of aromatic nitrogens is 4. The quantitative estimate of drug-likeness (QED) is 0.497. The third-order valence-electron chi connectivity index (χ3n) is 4.32. The first-order chi connectivity index (χ1) is 12.5. The molecule has 8 heteroatoms. The van der Waals surface area contributed by atoms with E-state index in [0.717, 1.165) is 0 Å². The van der Waals surface area contributed by atoms with E-state index in [1.807, 2.05) is 24.7 Å². The molecule has 8 nitrogen and oxygen atoms in total. The first-order valence-electron chi connectivity index (χ1n) is 8.79. The zero-order chi connectivity index (χ0) is 19.2. The molecule has 0 radical (unpaired) electrons. The summed E-state index contributed by atoms with van der Waals surface area (Å²) in [6.45, 7) is 6.41. The topological polar surface area (TPSA) is 88.2 Å². The highest BCUT2D eigenvalue weighted by Crippen LogP contribution is 2.31. The lowest BCUT2D eigenvalue weighted by molar-refractivity contribution is -0.172. The van der Waals surface area contributed by atoms with Gasteiger partial charge in [-0.25, -0.2) is 9.97 Å². The van der Waals surface area contributed by atoms with Crippen molar-refractivity contribution in [3.63, 3.8) is 0 Å². The van der Waals surface area contributed by atoms with Gasteiger partial charge in [-0.1, -0.05) is 0 Å². The number of imidazole rings is 2. The van der Waals surface area contributed by atoms with E-state index in [-0.39, 0.29) is 26.1 Å². The van der Waals surface area contributed by atoms with E-state index in [9.17, 15) is 9.59 Å². The van der Waals surface area contributed by atoms with Crippen LogP contribution in [0.4, 0.5) is 0 Å². The largest absolute Gasteiger partial charge is 0.465 e. The van der Waals surface area contributed by atoms with Crippen LogP contribution in [0.5, 0.6) is 0 Å². The summed E-state index contributed by atoms with van der Waals surface area (Å²) in [6, 6.07) is 0. The van der Waals surface area contributed by atoms with Gasteiger partial charge in [0.1, 0.15) is 11.6 Å². The van der Waals surface area contributed by atoms with Gasteiger partial charge in [-0.05, 0) is 20.8 Å². The van der Waals surface area contributed by atoms with Crippen LogP contribution in [-0.2, 0) is 45.5 Å². The minimum atomic E-state index is -1.54. The molecule has 0 unspecified atom stereocenters. The lowest BCUT2D eigenvalue weighted by atomic mass is 9.80. The van der Waals surface area contributed by atoms with Crippen LogP contribution >= 0.6 is 0 Å². The highest BCUT2D eigenvalue weighted by Gasteiger charge is 2.51. The summed E-state index contributed by atoms with van der Waals surface area (Å²) in [5.74, 6) is -0.0114. The molecule has 2 aromatic rings. The number of hydrogen-bond acceptors (Lipinski definition) is 6. The van der Waals surface area contributed by atoms with Crippen molar-refractivity contribution in [2.24, 2.45) is 12.5 Å². The zero-order valence-corrected chi connectivity index (χ0v) is 15.8. The number of nitrogens with zero attached hydrogens (tertiary/aromatic N) is 4. The number of esters is 2. The van der Waals surface area contributed by atoms with Crippen LogP contribution in [0.1, 0.15) is 32.4 Å². The van der Waals surface area contributed by atoms with Crippen molar-refractivity contribution in [2.45, 2.75) is 40.2 Å². The van der Waals surface area contributed by atoms with E-state index in [0.29, 0.717) is 18.2 Å². The van der Waals surface area contributed by atoms with E-state index in [1.54, 1.807) is 37.0 Å². The number of rotatable bonds is 9. The first kappa shape index (κ1) is 19.7.